The van der Waals surface area contributed by atoms with E-state index < -0.39 is 0 Å². The van der Waals surface area contributed by atoms with Crippen LogP contribution in [0.25, 0.3) is 0 Å². The second-order valence-corrected chi connectivity index (χ2v) is 4.16. The van der Waals surface area contributed by atoms with Gasteiger partial charge in [-0.1, -0.05) is 18.9 Å². The van der Waals surface area contributed by atoms with E-state index in [1.807, 2.05) is 18.2 Å². The van der Waals surface area contributed by atoms with Crippen molar-refractivity contribution in [2.45, 2.75) is 44.4 Å². The molecule has 82 valence electrons. The number of aromatic nitrogens is 1. The lowest BCUT2D eigenvalue weighted by Crippen LogP contribution is -2.41. The number of nitrogens with zero attached hydrogens (tertiary/aromatic N) is 1. The normalized spacial score (nSPS) is 26.5. The molecule has 3 nitrogen and oxygen atoms in total. The SMILES string of the molecule is O[C@@H]1CCCC[C@@H]1NCc1ccccn1. The summed E-state index contributed by atoms with van der Waals surface area (Å²) >= 11 is 0. The van der Waals surface area contributed by atoms with Gasteiger partial charge in [-0.15, -0.1) is 0 Å². The zero-order valence-corrected chi connectivity index (χ0v) is 8.89. The summed E-state index contributed by atoms with van der Waals surface area (Å²) in [5.74, 6) is 0. The average Bonchev–Trinajstić information content (AvgIpc) is 2.29. The number of pyridine rings is 1. The molecule has 0 aliphatic heterocycles. The van der Waals surface area contributed by atoms with Crippen LogP contribution in [0, 0.1) is 0 Å². The van der Waals surface area contributed by atoms with Crippen molar-refractivity contribution in [1.82, 2.24) is 10.3 Å². The summed E-state index contributed by atoms with van der Waals surface area (Å²) in [5.41, 5.74) is 1.04. The first kappa shape index (κ1) is 10.6. The fraction of sp³-hybridized carbons (Fsp3) is 0.583. The minimum Gasteiger partial charge on any atom is -0.392 e. The fourth-order valence-electron chi connectivity index (χ4n) is 2.09. The minimum absolute atomic E-state index is 0.178. The van der Waals surface area contributed by atoms with Gasteiger partial charge in [0.25, 0.3) is 0 Å². The molecule has 1 heterocycles. The Morgan fingerprint density at radius 3 is 2.93 bits per heavy atom. The lowest BCUT2D eigenvalue weighted by molar-refractivity contribution is 0.0901. The van der Waals surface area contributed by atoms with Gasteiger partial charge in [0, 0.05) is 18.8 Å². The molecule has 0 amide bonds. The molecule has 0 unspecified atom stereocenters. The molecule has 2 atom stereocenters. The molecule has 0 saturated heterocycles. The van der Waals surface area contributed by atoms with Crippen LogP contribution in [-0.4, -0.2) is 22.2 Å². The van der Waals surface area contributed by atoms with Crippen molar-refractivity contribution in [3.63, 3.8) is 0 Å². The Morgan fingerprint density at radius 2 is 2.20 bits per heavy atom. The number of hydrogen-bond donors (Lipinski definition) is 2. The van der Waals surface area contributed by atoms with Crippen LogP contribution in [0.4, 0.5) is 0 Å². The van der Waals surface area contributed by atoms with E-state index in [2.05, 4.69) is 10.3 Å². The van der Waals surface area contributed by atoms with E-state index in [0.29, 0.717) is 0 Å². The van der Waals surface area contributed by atoms with Gasteiger partial charge in [0.2, 0.25) is 0 Å². The van der Waals surface area contributed by atoms with Crippen LogP contribution in [0.15, 0.2) is 24.4 Å². The van der Waals surface area contributed by atoms with Gasteiger partial charge in [0.15, 0.2) is 0 Å². The second kappa shape index (κ2) is 5.24. The van der Waals surface area contributed by atoms with Crippen molar-refractivity contribution >= 4 is 0 Å². The second-order valence-electron chi connectivity index (χ2n) is 4.16. The Hall–Kier alpha value is -0.930. The Kier molecular flexibility index (Phi) is 3.69. The van der Waals surface area contributed by atoms with Gasteiger partial charge in [-0.25, -0.2) is 0 Å². The molecule has 0 aromatic carbocycles. The topological polar surface area (TPSA) is 45.1 Å². The van der Waals surface area contributed by atoms with E-state index in [0.717, 1.165) is 31.5 Å². The molecule has 0 bridgehead atoms. The Labute approximate surface area is 90.5 Å². The maximum Gasteiger partial charge on any atom is 0.0693 e. The van der Waals surface area contributed by atoms with E-state index in [4.69, 9.17) is 0 Å². The van der Waals surface area contributed by atoms with Gasteiger partial charge in [-0.3, -0.25) is 4.98 Å². The van der Waals surface area contributed by atoms with Crippen molar-refractivity contribution in [2.24, 2.45) is 0 Å². The van der Waals surface area contributed by atoms with Crippen LogP contribution in [0.2, 0.25) is 0 Å². The van der Waals surface area contributed by atoms with Gasteiger partial charge in [-0.05, 0) is 25.0 Å². The van der Waals surface area contributed by atoms with Crippen molar-refractivity contribution in [2.75, 3.05) is 0 Å². The van der Waals surface area contributed by atoms with E-state index >= 15 is 0 Å². The predicted octanol–water partition coefficient (Wildman–Crippen LogP) is 1.47. The molecule has 1 aromatic heterocycles. The van der Waals surface area contributed by atoms with Gasteiger partial charge < -0.3 is 10.4 Å². The Morgan fingerprint density at radius 1 is 1.33 bits per heavy atom. The van der Waals surface area contributed by atoms with Crippen LogP contribution in [0.5, 0.6) is 0 Å². The molecule has 15 heavy (non-hydrogen) atoms. The number of aliphatic hydroxyl groups is 1. The van der Waals surface area contributed by atoms with Crippen molar-refractivity contribution in [3.05, 3.63) is 30.1 Å². The molecular formula is C12H18N2O. The summed E-state index contributed by atoms with van der Waals surface area (Å²) in [7, 11) is 0. The molecule has 0 radical (unpaired) electrons. The van der Waals surface area contributed by atoms with E-state index in [9.17, 15) is 5.11 Å². The van der Waals surface area contributed by atoms with E-state index in [1.165, 1.54) is 6.42 Å². The summed E-state index contributed by atoms with van der Waals surface area (Å²) in [6.45, 7) is 0.753. The number of rotatable bonds is 3. The lowest BCUT2D eigenvalue weighted by Gasteiger charge is -2.28. The van der Waals surface area contributed by atoms with Crippen molar-refractivity contribution in [1.29, 1.82) is 0 Å². The first-order chi connectivity index (χ1) is 7.36. The van der Waals surface area contributed by atoms with Crippen LogP contribution in [-0.2, 0) is 6.54 Å². The highest BCUT2D eigenvalue weighted by molar-refractivity contribution is 5.03. The van der Waals surface area contributed by atoms with Gasteiger partial charge >= 0.3 is 0 Å². The fourth-order valence-corrected chi connectivity index (χ4v) is 2.09. The molecule has 3 heteroatoms. The maximum absolute atomic E-state index is 9.76. The summed E-state index contributed by atoms with van der Waals surface area (Å²) in [4.78, 5) is 4.24. The van der Waals surface area contributed by atoms with Crippen LogP contribution in [0.1, 0.15) is 31.4 Å². The lowest BCUT2D eigenvalue weighted by atomic mass is 9.92. The summed E-state index contributed by atoms with van der Waals surface area (Å²) < 4.78 is 0. The van der Waals surface area contributed by atoms with Crippen molar-refractivity contribution in [3.8, 4) is 0 Å². The van der Waals surface area contributed by atoms with Crippen LogP contribution >= 0.6 is 0 Å². The van der Waals surface area contributed by atoms with Crippen LogP contribution in [0.3, 0.4) is 0 Å². The zero-order chi connectivity index (χ0) is 10.5. The molecule has 1 fully saturated rings. The largest absolute Gasteiger partial charge is 0.392 e. The monoisotopic (exact) mass is 206 g/mol. The number of aliphatic hydroxyl groups excluding tert-OH is 1. The van der Waals surface area contributed by atoms with E-state index in [1.54, 1.807) is 6.20 Å². The minimum atomic E-state index is -0.178. The van der Waals surface area contributed by atoms with Gasteiger partial charge in [0.05, 0.1) is 11.8 Å². The molecule has 2 rings (SSSR count). The standard InChI is InChI=1S/C12H18N2O/c15-12-7-2-1-6-11(12)14-9-10-5-3-4-8-13-10/h3-5,8,11-12,14-15H,1-2,6-7,9H2/t11-,12+/m0/s1. The molecule has 1 aliphatic rings. The first-order valence-corrected chi connectivity index (χ1v) is 5.67. The molecule has 1 aromatic rings. The molecular weight excluding hydrogens is 188 g/mol. The predicted molar refractivity (Wildman–Crippen MR) is 59.3 cm³/mol. The molecule has 0 spiro atoms. The highest BCUT2D eigenvalue weighted by atomic mass is 16.3. The quantitative estimate of drug-likeness (QED) is 0.787. The molecule has 1 aliphatic carbocycles. The third kappa shape index (κ3) is 3.01. The maximum atomic E-state index is 9.76. The third-order valence-electron chi connectivity index (χ3n) is 3.00. The number of hydrogen-bond acceptors (Lipinski definition) is 3. The Bertz CT molecular complexity index is 289. The molecule has 1 saturated carbocycles. The summed E-state index contributed by atoms with van der Waals surface area (Å²) in [6, 6.07) is 6.16. The zero-order valence-electron chi connectivity index (χ0n) is 8.89. The number of nitrogens with one attached hydrogen (secondary N) is 1. The van der Waals surface area contributed by atoms with Crippen LogP contribution < -0.4 is 5.32 Å². The average molecular weight is 206 g/mol. The molecule has 2 N–H and O–H groups in total. The van der Waals surface area contributed by atoms with Gasteiger partial charge in [-0.2, -0.15) is 0 Å². The van der Waals surface area contributed by atoms with E-state index in [-0.39, 0.29) is 12.1 Å². The third-order valence-corrected chi connectivity index (χ3v) is 3.00. The highest BCUT2D eigenvalue weighted by Crippen LogP contribution is 2.18. The Balaban J connectivity index is 1.82. The smallest absolute Gasteiger partial charge is 0.0693 e. The highest BCUT2D eigenvalue weighted by Gasteiger charge is 2.21. The van der Waals surface area contributed by atoms with Gasteiger partial charge in [0.1, 0.15) is 0 Å². The van der Waals surface area contributed by atoms with Crippen molar-refractivity contribution < 1.29 is 5.11 Å². The first-order valence-electron chi connectivity index (χ1n) is 5.67. The summed E-state index contributed by atoms with van der Waals surface area (Å²) in [5, 5.41) is 13.1. The summed E-state index contributed by atoms with van der Waals surface area (Å²) in [6.07, 6.45) is 6.00.